The maximum atomic E-state index is 11.6. The first-order valence-corrected chi connectivity index (χ1v) is 9.79. The van der Waals surface area contributed by atoms with Crippen molar-refractivity contribution in [1.29, 1.82) is 0 Å². The predicted molar refractivity (Wildman–Crippen MR) is 76.3 cm³/mol. The summed E-state index contributed by atoms with van der Waals surface area (Å²) in [7, 11) is -1.40. The molecule has 5 heteroatoms. The average molecular weight is 268 g/mol. The molecule has 0 saturated carbocycles. The second-order valence-electron chi connectivity index (χ2n) is 5.82. The van der Waals surface area contributed by atoms with Gasteiger partial charge in [0.25, 0.3) is 0 Å². The van der Waals surface area contributed by atoms with E-state index >= 15 is 0 Å². The van der Waals surface area contributed by atoms with E-state index in [0.717, 1.165) is 12.3 Å². The average Bonchev–Trinajstić information content (AvgIpc) is 2.19. The first kappa shape index (κ1) is 15.1. The molecule has 0 N–H and O–H groups in total. The molecular formula is C13H24N2O2Si. The summed E-state index contributed by atoms with van der Waals surface area (Å²) >= 11 is 0. The molecule has 0 aliphatic carbocycles. The fourth-order valence-corrected chi connectivity index (χ4v) is 4.88. The normalized spacial score (nSPS) is 19.8. The van der Waals surface area contributed by atoms with Crippen LogP contribution in [0.3, 0.4) is 0 Å². The lowest BCUT2D eigenvalue weighted by molar-refractivity contribution is -0.125. The molecule has 0 aromatic carbocycles. The van der Waals surface area contributed by atoms with Gasteiger partial charge in [-0.3, -0.25) is 9.59 Å². The zero-order valence-electron chi connectivity index (χ0n) is 12.0. The van der Waals surface area contributed by atoms with Crippen LogP contribution in [-0.2, 0) is 9.59 Å². The highest BCUT2D eigenvalue weighted by atomic mass is 28.3. The molecule has 0 radical (unpaired) electrons. The Balaban J connectivity index is 2.59. The topological polar surface area (TPSA) is 49.7 Å². The third kappa shape index (κ3) is 4.72. The van der Waals surface area contributed by atoms with Crippen LogP contribution in [-0.4, -0.2) is 36.7 Å². The van der Waals surface area contributed by atoms with Crippen molar-refractivity contribution in [2.45, 2.75) is 58.7 Å². The summed E-state index contributed by atoms with van der Waals surface area (Å²) in [6, 6.07) is 1.27. The summed E-state index contributed by atoms with van der Waals surface area (Å²) in [6.07, 6.45) is 2.83. The van der Waals surface area contributed by atoms with Crippen molar-refractivity contribution in [1.82, 2.24) is 4.67 Å². The summed E-state index contributed by atoms with van der Waals surface area (Å²) < 4.78 is 2.23. The van der Waals surface area contributed by atoms with Crippen molar-refractivity contribution < 1.29 is 9.59 Å². The lowest BCUT2D eigenvalue weighted by Gasteiger charge is -2.39. The predicted octanol–water partition coefficient (Wildman–Crippen LogP) is 2.60. The van der Waals surface area contributed by atoms with E-state index in [9.17, 15) is 9.59 Å². The largest absolute Gasteiger partial charge is 0.324 e. The number of Topliss-reactive ketones (excluding diaryl/α,β-unsaturated/α-hetero) is 2. The number of hydrogen-bond donors (Lipinski definition) is 0. The molecule has 0 bridgehead atoms. The van der Waals surface area contributed by atoms with Gasteiger partial charge in [-0.2, -0.15) is 5.10 Å². The van der Waals surface area contributed by atoms with Gasteiger partial charge in [0.1, 0.15) is 11.6 Å². The summed E-state index contributed by atoms with van der Waals surface area (Å²) in [4.78, 5) is 22.4. The second-order valence-corrected chi connectivity index (χ2v) is 10.5. The first-order chi connectivity index (χ1) is 8.31. The minimum Gasteiger partial charge on any atom is -0.324 e. The second kappa shape index (κ2) is 6.27. The zero-order chi connectivity index (χ0) is 13.8. The van der Waals surface area contributed by atoms with Crippen LogP contribution in [0.25, 0.3) is 0 Å². The van der Waals surface area contributed by atoms with Crippen LogP contribution in [0.2, 0.25) is 19.1 Å². The van der Waals surface area contributed by atoms with Crippen LogP contribution in [0, 0.1) is 0 Å². The zero-order valence-corrected chi connectivity index (χ0v) is 13.0. The molecule has 1 aliphatic rings. The Morgan fingerprint density at radius 2 is 1.83 bits per heavy atom. The smallest absolute Gasteiger partial charge is 0.172 e. The van der Waals surface area contributed by atoms with E-state index in [1.807, 2.05) is 6.92 Å². The molecule has 0 unspecified atom stereocenters. The number of hydrazone groups is 1. The van der Waals surface area contributed by atoms with E-state index in [4.69, 9.17) is 0 Å². The Morgan fingerprint density at radius 3 is 2.39 bits per heavy atom. The van der Waals surface area contributed by atoms with Crippen molar-refractivity contribution in [3.63, 3.8) is 0 Å². The van der Waals surface area contributed by atoms with Gasteiger partial charge in [-0.1, -0.05) is 19.5 Å². The third-order valence-corrected chi connectivity index (χ3v) is 6.60. The summed E-state index contributed by atoms with van der Waals surface area (Å²) in [5, 5.41) is 4.62. The highest BCUT2D eigenvalue weighted by Gasteiger charge is 2.31. The first-order valence-electron chi connectivity index (χ1n) is 6.64. The molecule has 1 rings (SSSR count). The van der Waals surface area contributed by atoms with E-state index in [1.165, 1.54) is 25.8 Å². The van der Waals surface area contributed by atoms with Gasteiger partial charge in [0.2, 0.25) is 0 Å². The standard InChI is InChI=1S/C13H24N2O2Si/c1-11(9-13(17)10-12(2)16)14-15-7-5-6-8-18(15,3)4/h5-10H2,1-4H3. The van der Waals surface area contributed by atoms with Crippen LogP contribution in [0.4, 0.5) is 0 Å². The third-order valence-electron chi connectivity index (χ3n) is 3.30. The highest BCUT2D eigenvalue weighted by molar-refractivity contribution is 6.74. The summed E-state index contributed by atoms with van der Waals surface area (Å²) in [6.45, 7) is 8.99. The van der Waals surface area contributed by atoms with Gasteiger partial charge in [0.15, 0.2) is 8.24 Å². The minimum absolute atomic E-state index is 0.0276. The molecule has 1 saturated heterocycles. The Morgan fingerprint density at radius 1 is 1.17 bits per heavy atom. The lowest BCUT2D eigenvalue weighted by Crippen LogP contribution is -2.48. The monoisotopic (exact) mass is 268 g/mol. The maximum absolute atomic E-state index is 11.6. The maximum Gasteiger partial charge on any atom is 0.172 e. The van der Waals surface area contributed by atoms with E-state index in [0.29, 0.717) is 6.42 Å². The Kier molecular flexibility index (Phi) is 5.25. The van der Waals surface area contributed by atoms with Crippen molar-refractivity contribution in [2.75, 3.05) is 6.54 Å². The van der Waals surface area contributed by atoms with Gasteiger partial charge in [0.05, 0.1) is 6.42 Å². The molecule has 1 fully saturated rings. The molecule has 0 amide bonds. The molecule has 0 aromatic rings. The Bertz CT molecular complexity index is 364. The Hall–Kier alpha value is -0.973. The minimum atomic E-state index is -1.40. The molecule has 0 spiro atoms. The highest BCUT2D eigenvalue weighted by Crippen LogP contribution is 2.25. The van der Waals surface area contributed by atoms with E-state index in [-0.39, 0.29) is 18.0 Å². The van der Waals surface area contributed by atoms with Gasteiger partial charge in [-0.25, -0.2) is 0 Å². The molecule has 4 nitrogen and oxygen atoms in total. The SMILES string of the molecule is CC(=O)CC(=O)CC(C)=NN1CCCC[Si]1(C)C. The van der Waals surface area contributed by atoms with Crippen LogP contribution in [0.15, 0.2) is 5.10 Å². The fourth-order valence-electron chi connectivity index (χ4n) is 2.30. The van der Waals surface area contributed by atoms with Gasteiger partial charge in [-0.15, -0.1) is 0 Å². The molecule has 0 atom stereocenters. The number of hydrogen-bond acceptors (Lipinski definition) is 4. The number of ketones is 2. The molecule has 0 aromatic heterocycles. The van der Waals surface area contributed by atoms with Crippen molar-refractivity contribution in [3.8, 4) is 0 Å². The van der Waals surface area contributed by atoms with Crippen LogP contribution in [0.5, 0.6) is 0 Å². The fraction of sp³-hybridized carbons (Fsp3) is 0.769. The van der Waals surface area contributed by atoms with Crippen LogP contribution < -0.4 is 0 Å². The number of rotatable bonds is 5. The van der Waals surface area contributed by atoms with E-state index < -0.39 is 8.24 Å². The summed E-state index contributed by atoms with van der Waals surface area (Å²) in [5.41, 5.74) is 0.837. The van der Waals surface area contributed by atoms with Gasteiger partial charge in [-0.05, 0) is 26.3 Å². The summed E-state index contributed by atoms with van der Waals surface area (Å²) in [5.74, 6) is -0.0966. The van der Waals surface area contributed by atoms with Crippen LogP contribution in [0.1, 0.15) is 39.5 Å². The van der Waals surface area contributed by atoms with E-state index in [1.54, 1.807) is 0 Å². The number of carbonyl (C=O) groups is 2. The van der Waals surface area contributed by atoms with Crippen molar-refractivity contribution in [2.24, 2.45) is 5.10 Å². The molecule has 1 heterocycles. The van der Waals surface area contributed by atoms with Crippen LogP contribution >= 0.6 is 0 Å². The molecular weight excluding hydrogens is 244 g/mol. The lowest BCUT2D eigenvalue weighted by atomic mass is 10.1. The molecule has 102 valence electrons. The van der Waals surface area contributed by atoms with E-state index in [2.05, 4.69) is 22.9 Å². The quantitative estimate of drug-likeness (QED) is 0.437. The molecule has 1 aliphatic heterocycles. The Labute approximate surface area is 111 Å². The van der Waals surface area contributed by atoms with Crippen molar-refractivity contribution in [3.05, 3.63) is 0 Å². The van der Waals surface area contributed by atoms with Gasteiger partial charge >= 0.3 is 0 Å². The number of carbonyl (C=O) groups excluding carboxylic acids is 2. The number of nitrogens with zero attached hydrogens (tertiary/aromatic N) is 2. The van der Waals surface area contributed by atoms with Crippen molar-refractivity contribution >= 4 is 25.5 Å². The van der Waals surface area contributed by atoms with Gasteiger partial charge in [0, 0.05) is 18.7 Å². The molecule has 18 heavy (non-hydrogen) atoms. The van der Waals surface area contributed by atoms with Gasteiger partial charge < -0.3 is 4.67 Å².